The van der Waals surface area contributed by atoms with E-state index >= 15 is 0 Å². The first kappa shape index (κ1) is 34.4. The fraction of sp³-hybridized carbons (Fsp3) is 0.219. The number of hydrogen-bond acceptors (Lipinski definition) is 8. The van der Waals surface area contributed by atoms with Crippen LogP contribution >= 0.6 is 0 Å². The Kier molecular flexibility index (Phi) is 11.4. The zero-order valence-corrected chi connectivity index (χ0v) is 26.4. The Labute approximate surface area is 258 Å². The quantitative estimate of drug-likeness (QED) is 0.249. The second-order valence-electron chi connectivity index (χ2n) is 10.5. The molecule has 234 valence electrons. The van der Waals surface area contributed by atoms with Gasteiger partial charge in [-0.1, -0.05) is 73.5 Å². The summed E-state index contributed by atoms with van der Waals surface area (Å²) in [5.74, 6) is 0.239. The highest BCUT2D eigenvalue weighted by atomic mass is 32.2. The second-order valence-corrected chi connectivity index (χ2v) is 13.3. The zero-order chi connectivity index (χ0) is 32.7. The molecule has 0 amide bonds. The molecule has 0 saturated heterocycles. The Bertz CT molecular complexity index is 1700. The van der Waals surface area contributed by atoms with Crippen molar-refractivity contribution >= 4 is 38.0 Å². The van der Waals surface area contributed by atoms with Crippen molar-refractivity contribution < 1.29 is 35.5 Å². The molecule has 5 rings (SSSR count). The van der Waals surface area contributed by atoms with Gasteiger partial charge in [0.1, 0.15) is 11.8 Å². The van der Waals surface area contributed by atoms with Crippen LogP contribution in [-0.2, 0) is 29.8 Å². The maximum Gasteiger partial charge on any atom is 0.328 e. The number of ether oxygens (including phenoxy) is 1. The van der Waals surface area contributed by atoms with Gasteiger partial charge in [-0.15, -0.1) is 0 Å². The van der Waals surface area contributed by atoms with Crippen LogP contribution in [0.15, 0.2) is 107 Å². The van der Waals surface area contributed by atoms with Crippen LogP contribution in [0.25, 0.3) is 11.8 Å². The Morgan fingerprint density at radius 1 is 0.841 bits per heavy atom. The minimum absolute atomic E-state index is 0.0548. The summed E-state index contributed by atoms with van der Waals surface area (Å²) in [6.45, 7) is 8.17. The number of aryl methyl sites for hydroxylation is 2. The van der Waals surface area contributed by atoms with Crippen LogP contribution in [0.3, 0.4) is 0 Å². The number of rotatable bonds is 5. The SMILES string of the molecule is CC(C)C(N)C(=O)OC1=CCN2C=Cc3ccccc3C2=C1.Cc1ccc(S(=O)(=O)O)cc1.Cc1ccc(S(=O)(=O)O)cc1. The Balaban J connectivity index is 0.000000202. The molecule has 0 aliphatic carbocycles. The molecule has 0 fully saturated rings. The molecule has 3 aromatic carbocycles. The molecule has 1 unspecified atom stereocenters. The molecule has 1 atom stereocenters. The molecule has 44 heavy (non-hydrogen) atoms. The van der Waals surface area contributed by atoms with Gasteiger partial charge < -0.3 is 15.4 Å². The minimum Gasteiger partial charge on any atom is -0.426 e. The topological polar surface area (TPSA) is 164 Å². The van der Waals surface area contributed by atoms with Crippen molar-refractivity contribution in [1.82, 2.24) is 4.90 Å². The maximum atomic E-state index is 12.0. The third-order valence-corrected chi connectivity index (χ3v) is 8.33. The van der Waals surface area contributed by atoms with Crippen molar-refractivity contribution in [2.45, 2.75) is 43.5 Å². The van der Waals surface area contributed by atoms with Gasteiger partial charge in [-0.25, -0.2) is 4.79 Å². The van der Waals surface area contributed by atoms with Crippen molar-refractivity contribution in [1.29, 1.82) is 0 Å². The summed E-state index contributed by atoms with van der Waals surface area (Å²) in [5, 5.41) is 0. The lowest BCUT2D eigenvalue weighted by molar-refractivity contribution is -0.141. The zero-order valence-electron chi connectivity index (χ0n) is 24.8. The first-order valence-corrected chi connectivity index (χ1v) is 16.5. The van der Waals surface area contributed by atoms with Crippen molar-refractivity contribution in [2.24, 2.45) is 11.7 Å². The standard InChI is InChI=1S/C18H20N2O2.2C7H8O3S/c1-12(2)17(19)18(21)22-14-8-10-20-9-7-13-5-3-4-6-15(13)16(20)11-14;2*1-6-2-4-7(5-3-6)11(8,9)10/h3-9,11-12,17H,10,19H2,1-2H3;2*2-5H,1H3,(H,8,9,10). The van der Waals surface area contributed by atoms with Crippen LogP contribution in [0.4, 0.5) is 0 Å². The first-order chi connectivity index (χ1) is 20.6. The summed E-state index contributed by atoms with van der Waals surface area (Å²) in [5.41, 5.74) is 11.1. The van der Waals surface area contributed by atoms with E-state index in [1.165, 1.54) is 24.3 Å². The maximum absolute atomic E-state index is 12.0. The summed E-state index contributed by atoms with van der Waals surface area (Å²) in [6.07, 6.45) is 7.93. The summed E-state index contributed by atoms with van der Waals surface area (Å²) >= 11 is 0. The van der Waals surface area contributed by atoms with Crippen molar-refractivity contribution in [2.75, 3.05) is 6.54 Å². The van der Waals surface area contributed by atoms with E-state index in [-0.39, 0.29) is 21.7 Å². The third kappa shape index (κ3) is 9.73. The fourth-order valence-corrected chi connectivity index (χ4v) is 4.89. The van der Waals surface area contributed by atoms with Gasteiger partial charge in [0.25, 0.3) is 20.2 Å². The molecule has 2 aliphatic rings. The average Bonchev–Trinajstić information content (AvgIpc) is 2.97. The highest BCUT2D eigenvalue weighted by Crippen LogP contribution is 2.32. The molecule has 12 heteroatoms. The van der Waals surface area contributed by atoms with Crippen molar-refractivity contribution in [3.63, 3.8) is 0 Å². The number of carbonyl (C=O) groups excluding carboxylic acids is 1. The van der Waals surface area contributed by atoms with E-state index in [9.17, 15) is 21.6 Å². The van der Waals surface area contributed by atoms with E-state index in [2.05, 4.69) is 23.1 Å². The molecular weight excluding hydrogens is 604 g/mol. The second kappa shape index (κ2) is 14.6. The highest BCUT2D eigenvalue weighted by molar-refractivity contribution is 7.86. The molecule has 2 aliphatic heterocycles. The van der Waals surface area contributed by atoms with E-state index in [1.807, 2.05) is 58.2 Å². The lowest BCUT2D eigenvalue weighted by atomic mass is 9.98. The van der Waals surface area contributed by atoms with Crippen molar-refractivity contribution in [3.05, 3.63) is 119 Å². The number of carbonyl (C=O) groups is 1. The van der Waals surface area contributed by atoms with Gasteiger partial charge in [0.05, 0.1) is 15.5 Å². The Morgan fingerprint density at radius 3 is 1.82 bits per heavy atom. The third-order valence-electron chi connectivity index (χ3n) is 6.59. The number of esters is 1. The van der Waals surface area contributed by atoms with Crippen LogP contribution in [0, 0.1) is 19.8 Å². The fourth-order valence-electron chi connectivity index (χ4n) is 3.93. The van der Waals surface area contributed by atoms with Gasteiger partial charge in [0, 0.05) is 24.4 Å². The lowest BCUT2D eigenvalue weighted by Gasteiger charge is -2.30. The minimum atomic E-state index is -4.02. The predicted molar refractivity (Wildman–Crippen MR) is 169 cm³/mol. The molecule has 3 aromatic rings. The normalized spacial score (nSPS) is 14.4. The molecule has 0 bridgehead atoms. The van der Waals surface area contributed by atoms with E-state index < -0.39 is 26.3 Å². The number of hydrogen-bond donors (Lipinski definition) is 3. The molecule has 2 heterocycles. The number of allylic oxidation sites excluding steroid dienone is 1. The lowest BCUT2D eigenvalue weighted by Crippen LogP contribution is -2.37. The van der Waals surface area contributed by atoms with Gasteiger partial charge in [-0.3, -0.25) is 9.11 Å². The van der Waals surface area contributed by atoms with Gasteiger partial charge in [-0.05, 0) is 61.7 Å². The van der Waals surface area contributed by atoms with Gasteiger partial charge in [0.15, 0.2) is 0 Å². The highest BCUT2D eigenvalue weighted by Gasteiger charge is 2.24. The Morgan fingerprint density at radius 2 is 1.34 bits per heavy atom. The monoisotopic (exact) mass is 640 g/mol. The predicted octanol–water partition coefficient (Wildman–Crippen LogP) is 5.22. The molecule has 0 radical (unpaired) electrons. The summed E-state index contributed by atoms with van der Waals surface area (Å²) in [6, 6.07) is 19.5. The molecule has 4 N–H and O–H groups in total. The average molecular weight is 641 g/mol. The number of nitrogens with zero attached hydrogens (tertiary/aromatic N) is 1. The molecule has 0 aromatic heterocycles. The van der Waals surface area contributed by atoms with E-state index in [4.69, 9.17) is 19.6 Å². The van der Waals surface area contributed by atoms with Crippen LogP contribution in [0.2, 0.25) is 0 Å². The number of nitrogens with two attached hydrogens (primary N) is 1. The summed E-state index contributed by atoms with van der Waals surface area (Å²) in [7, 11) is -8.04. The first-order valence-electron chi connectivity index (χ1n) is 13.6. The largest absolute Gasteiger partial charge is 0.426 e. The van der Waals surface area contributed by atoms with E-state index in [0.29, 0.717) is 12.3 Å². The number of benzene rings is 3. The van der Waals surface area contributed by atoms with E-state index in [1.54, 1.807) is 24.3 Å². The van der Waals surface area contributed by atoms with Crippen LogP contribution in [0.5, 0.6) is 0 Å². The molecular formula is C32H36N2O8S2. The van der Waals surface area contributed by atoms with Gasteiger partial charge in [0.2, 0.25) is 0 Å². The molecule has 0 saturated carbocycles. The Hall–Kier alpha value is -4.07. The summed E-state index contributed by atoms with van der Waals surface area (Å²) in [4.78, 5) is 14.0. The molecule has 0 spiro atoms. The van der Waals surface area contributed by atoms with Crippen LogP contribution in [0.1, 0.15) is 36.1 Å². The van der Waals surface area contributed by atoms with Gasteiger partial charge >= 0.3 is 5.97 Å². The molecule has 10 nitrogen and oxygen atoms in total. The van der Waals surface area contributed by atoms with Crippen LogP contribution in [-0.4, -0.2) is 49.4 Å². The smallest absolute Gasteiger partial charge is 0.328 e. The number of fused-ring (bicyclic) bond motifs is 3. The van der Waals surface area contributed by atoms with Crippen LogP contribution < -0.4 is 5.73 Å². The van der Waals surface area contributed by atoms with Crippen molar-refractivity contribution in [3.8, 4) is 0 Å². The van der Waals surface area contributed by atoms with E-state index in [0.717, 1.165) is 28.0 Å². The van der Waals surface area contributed by atoms with Gasteiger partial charge in [-0.2, -0.15) is 16.8 Å². The summed E-state index contributed by atoms with van der Waals surface area (Å²) < 4.78 is 64.6.